The molecule has 1 aromatic carbocycles. The van der Waals surface area contributed by atoms with Crippen LogP contribution in [0.1, 0.15) is 26.3 Å². The molecule has 4 nitrogen and oxygen atoms in total. The Hall–Kier alpha value is -1.55. The summed E-state index contributed by atoms with van der Waals surface area (Å²) in [5, 5.41) is 2.82. The third-order valence-corrected chi connectivity index (χ3v) is 2.88. The second kappa shape index (κ2) is 5.40. The molecule has 4 heteroatoms. The topological polar surface area (TPSA) is 64.3 Å². The normalized spacial score (nSPS) is 13.0. The first-order chi connectivity index (χ1) is 8.25. The SMILES string of the molecule is COc1ccc(NC(=O)[C@H](N)C(C)(C)C)cc1C. The maximum atomic E-state index is 12.0. The van der Waals surface area contributed by atoms with Crippen molar-refractivity contribution in [3.63, 3.8) is 0 Å². The van der Waals surface area contributed by atoms with Crippen molar-refractivity contribution in [2.45, 2.75) is 33.7 Å². The summed E-state index contributed by atoms with van der Waals surface area (Å²) in [6.45, 7) is 7.75. The summed E-state index contributed by atoms with van der Waals surface area (Å²) in [7, 11) is 1.62. The Morgan fingerprint density at radius 2 is 2.00 bits per heavy atom. The van der Waals surface area contributed by atoms with E-state index in [2.05, 4.69) is 5.32 Å². The maximum absolute atomic E-state index is 12.0. The van der Waals surface area contributed by atoms with Crippen LogP contribution in [0, 0.1) is 12.3 Å². The van der Waals surface area contributed by atoms with Gasteiger partial charge in [-0.25, -0.2) is 0 Å². The van der Waals surface area contributed by atoms with Crippen molar-refractivity contribution in [1.82, 2.24) is 0 Å². The number of carbonyl (C=O) groups is 1. The van der Waals surface area contributed by atoms with Crippen molar-refractivity contribution >= 4 is 11.6 Å². The second-order valence-electron chi connectivity index (χ2n) is 5.52. The summed E-state index contributed by atoms with van der Waals surface area (Å²) in [5.74, 6) is 0.625. The lowest BCUT2D eigenvalue weighted by molar-refractivity contribution is -0.119. The van der Waals surface area contributed by atoms with Crippen LogP contribution in [0.5, 0.6) is 5.75 Å². The quantitative estimate of drug-likeness (QED) is 0.865. The minimum atomic E-state index is -0.542. The van der Waals surface area contributed by atoms with Crippen molar-refractivity contribution in [3.05, 3.63) is 23.8 Å². The predicted octanol–water partition coefficient (Wildman–Crippen LogP) is 2.32. The molecular formula is C14H22N2O2. The van der Waals surface area contributed by atoms with Gasteiger partial charge in [-0.05, 0) is 36.1 Å². The van der Waals surface area contributed by atoms with E-state index in [1.54, 1.807) is 13.2 Å². The monoisotopic (exact) mass is 250 g/mol. The van der Waals surface area contributed by atoms with Crippen LogP contribution in [0.25, 0.3) is 0 Å². The molecule has 1 amide bonds. The van der Waals surface area contributed by atoms with Gasteiger partial charge in [-0.3, -0.25) is 4.79 Å². The summed E-state index contributed by atoms with van der Waals surface area (Å²) in [6, 6.07) is 4.96. The number of methoxy groups -OCH3 is 1. The maximum Gasteiger partial charge on any atom is 0.241 e. The number of rotatable bonds is 3. The summed E-state index contributed by atoms with van der Waals surface area (Å²) < 4.78 is 5.17. The standard InChI is InChI=1S/C14H22N2O2/c1-9-8-10(6-7-11(9)18-5)16-13(17)12(15)14(2,3)4/h6-8,12H,15H2,1-5H3,(H,16,17)/t12-/m0/s1. The average molecular weight is 250 g/mol. The minimum Gasteiger partial charge on any atom is -0.496 e. The van der Waals surface area contributed by atoms with Crippen molar-refractivity contribution in [3.8, 4) is 5.75 Å². The minimum absolute atomic E-state index is 0.174. The molecule has 0 saturated carbocycles. The molecule has 0 aliphatic rings. The Kier molecular flexibility index (Phi) is 4.35. The molecule has 0 bridgehead atoms. The van der Waals surface area contributed by atoms with Crippen LogP contribution < -0.4 is 15.8 Å². The molecule has 1 rings (SSSR count). The molecular weight excluding hydrogens is 228 g/mol. The van der Waals surface area contributed by atoms with Gasteiger partial charge in [0.05, 0.1) is 13.2 Å². The fourth-order valence-electron chi connectivity index (χ4n) is 1.57. The van der Waals surface area contributed by atoms with Crippen molar-refractivity contribution in [2.24, 2.45) is 11.1 Å². The number of hydrogen-bond acceptors (Lipinski definition) is 3. The molecule has 1 aromatic rings. The van der Waals surface area contributed by atoms with Gasteiger partial charge in [0, 0.05) is 5.69 Å². The van der Waals surface area contributed by atoms with E-state index in [4.69, 9.17) is 10.5 Å². The highest BCUT2D eigenvalue weighted by Gasteiger charge is 2.27. The fourth-order valence-corrected chi connectivity index (χ4v) is 1.57. The number of nitrogens with two attached hydrogens (primary N) is 1. The van der Waals surface area contributed by atoms with E-state index in [0.717, 1.165) is 17.0 Å². The van der Waals surface area contributed by atoms with E-state index in [1.807, 2.05) is 39.8 Å². The number of carbonyl (C=O) groups excluding carboxylic acids is 1. The Morgan fingerprint density at radius 1 is 1.39 bits per heavy atom. The average Bonchev–Trinajstić information content (AvgIpc) is 2.27. The summed E-state index contributed by atoms with van der Waals surface area (Å²) in [6.07, 6.45) is 0. The first-order valence-corrected chi connectivity index (χ1v) is 5.97. The zero-order chi connectivity index (χ0) is 13.9. The molecule has 0 spiro atoms. The number of nitrogens with one attached hydrogen (secondary N) is 1. The zero-order valence-electron chi connectivity index (χ0n) is 11.7. The Morgan fingerprint density at radius 3 is 2.44 bits per heavy atom. The van der Waals surface area contributed by atoms with Gasteiger partial charge in [-0.15, -0.1) is 0 Å². The van der Waals surface area contributed by atoms with Gasteiger partial charge in [0.1, 0.15) is 5.75 Å². The fraction of sp³-hybridized carbons (Fsp3) is 0.500. The number of anilines is 1. The molecule has 0 fully saturated rings. The number of amides is 1. The third kappa shape index (κ3) is 3.47. The van der Waals surface area contributed by atoms with E-state index in [0.29, 0.717) is 0 Å². The molecule has 0 unspecified atom stereocenters. The molecule has 0 aliphatic heterocycles. The largest absolute Gasteiger partial charge is 0.496 e. The van der Waals surface area contributed by atoms with Gasteiger partial charge < -0.3 is 15.8 Å². The third-order valence-electron chi connectivity index (χ3n) is 2.88. The van der Waals surface area contributed by atoms with E-state index >= 15 is 0 Å². The number of benzene rings is 1. The number of ether oxygens (including phenoxy) is 1. The van der Waals surface area contributed by atoms with E-state index in [1.165, 1.54) is 0 Å². The van der Waals surface area contributed by atoms with Crippen LogP contribution in [0.15, 0.2) is 18.2 Å². The molecule has 3 N–H and O–H groups in total. The van der Waals surface area contributed by atoms with Gasteiger partial charge in [-0.1, -0.05) is 20.8 Å². The highest BCUT2D eigenvalue weighted by Crippen LogP contribution is 2.23. The van der Waals surface area contributed by atoms with Crippen molar-refractivity contribution < 1.29 is 9.53 Å². The number of hydrogen-bond donors (Lipinski definition) is 2. The first kappa shape index (κ1) is 14.5. The van der Waals surface area contributed by atoms with Crippen LogP contribution in [-0.4, -0.2) is 19.1 Å². The van der Waals surface area contributed by atoms with Crippen molar-refractivity contribution in [1.29, 1.82) is 0 Å². The summed E-state index contributed by atoms with van der Waals surface area (Å²) in [5.41, 5.74) is 7.35. The second-order valence-corrected chi connectivity index (χ2v) is 5.52. The van der Waals surface area contributed by atoms with Gasteiger partial charge in [0.15, 0.2) is 0 Å². The van der Waals surface area contributed by atoms with Crippen LogP contribution >= 0.6 is 0 Å². The molecule has 0 radical (unpaired) electrons. The highest BCUT2D eigenvalue weighted by atomic mass is 16.5. The smallest absolute Gasteiger partial charge is 0.241 e. The summed E-state index contributed by atoms with van der Waals surface area (Å²) in [4.78, 5) is 12.0. The Bertz CT molecular complexity index is 436. The first-order valence-electron chi connectivity index (χ1n) is 5.97. The highest BCUT2D eigenvalue weighted by molar-refractivity contribution is 5.95. The molecule has 0 heterocycles. The molecule has 0 aromatic heterocycles. The zero-order valence-corrected chi connectivity index (χ0v) is 11.7. The Balaban J connectivity index is 2.80. The van der Waals surface area contributed by atoms with Gasteiger partial charge in [0.25, 0.3) is 0 Å². The van der Waals surface area contributed by atoms with Crippen LogP contribution in [0.2, 0.25) is 0 Å². The predicted molar refractivity (Wildman–Crippen MR) is 73.8 cm³/mol. The lowest BCUT2D eigenvalue weighted by Crippen LogP contribution is -2.45. The number of aryl methyl sites for hydroxylation is 1. The molecule has 1 atom stereocenters. The van der Waals surface area contributed by atoms with E-state index < -0.39 is 6.04 Å². The molecule has 18 heavy (non-hydrogen) atoms. The van der Waals surface area contributed by atoms with Crippen LogP contribution in [0.3, 0.4) is 0 Å². The van der Waals surface area contributed by atoms with Gasteiger partial charge >= 0.3 is 0 Å². The van der Waals surface area contributed by atoms with Gasteiger partial charge in [-0.2, -0.15) is 0 Å². The molecule has 0 saturated heterocycles. The van der Waals surface area contributed by atoms with Crippen LogP contribution in [0.4, 0.5) is 5.69 Å². The van der Waals surface area contributed by atoms with Crippen LogP contribution in [-0.2, 0) is 4.79 Å². The van der Waals surface area contributed by atoms with Gasteiger partial charge in [0.2, 0.25) is 5.91 Å². The van der Waals surface area contributed by atoms with E-state index in [-0.39, 0.29) is 11.3 Å². The Labute approximate surface area is 109 Å². The molecule has 0 aliphatic carbocycles. The lowest BCUT2D eigenvalue weighted by Gasteiger charge is -2.25. The lowest BCUT2D eigenvalue weighted by atomic mass is 9.87. The molecule has 100 valence electrons. The van der Waals surface area contributed by atoms with Crippen molar-refractivity contribution in [2.75, 3.05) is 12.4 Å². The summed E-state index contributed by atoms with van der Waals surface area (Å²) >= 11 is 0. The van der Waals surface area contributed by atoms with E-state index in [9.17, 15) is 4.79 Å².